The summed E-state index contributed by atoms with van der Waals surface area (Å²) in [5, 5.41) is 1.27. The van der Waals surface area contributed by atoms with E-state index >= 15 is 0 Å². The minimum Gasteiger partial charge on any atom is -0.452 e. The smallest absolute Gasteiger partial charge is 0.416 e. The summed E-state index contributed by atoms with van der Waals surface area (Å²) in [5.41, 5.74) is 0.910. The standard InChI is InChI=1S/C23H14ClF3O2S/c24-16-10-8-14(9-11-16)21(28)22-19(18-6-1-2-7-20(18)29-22)13-30-17-5-3-4-15(12-17)23(25,26)27/h1-12H,13H2. The molecule has 0 atom stereocenters. The lowest BCUT2D eigenvalue weighted by Gasteiger charge is -2.09. The second-order valence-corrected chi connectivity index (χ2v) is 8.04. The van der Waals surface area contributed by atoms with Crippen molar-refractivity contribution in [3.05, 3.63) is 100 Å². The van der Waals surface area contributed by atoms with Crippen molar-refractivity contribution in [3.8, 4) is 0 Å². The van der Waals surface area contributed by atoms with E-state index in [-0.39, 0.29) is 17.3 Å². The largest absolute Gasteiger partial charge is 0.452 e. The lowest BCUT2D eigenvalue weighted by Crippen LogP contribution is -2.04. The van der Waals surface area contributed by atoms with Crippen molar-refractivity contribution in [2.75, 3.05) is 0 Å². The van der Waals surface area contributed by atoms with E-state index in [4.69, 9.17) is 16.0 Å². The highest BCUT2D eigenvalue weighted by atomic mass is 35.5. The van der Waals surface area contributed by atoms with Crippen molar-refractivity contribution >= 4 is 40.1 Å². The number of fused-ring (bicyclic) bond motifs is 1. The Morgan fingerprint density at radius 2 is 1.70 bits per heavy atom. The van der Waals surface area contributed by atoms with Crippen LogP contribution < -0.4 is 0 Å². The molecular formula is C23H14ClF3O2S. The third-order valence-corrected chi connectivity index (χ3v) is 5.83. The predicted octanol–water partition coefficient (Wildman–Crippen LogP) is 7.63. The van der Waals surface area contributed by atoms with Crippen molar-refractivity contribution in [2.24, 2.45) is 0 Å². The van der Waals surface area contributed by atoms with Crippen LogP contribution in [0.25, 0.3) is 11.0 Å². The average Bonchev–Trinajstić information content (AvgIpc) is 3.10. The quantitative estimate of drug-likeness (QED) is 0.233. The van der Waals surface area contributed by atoms with Crippen molar-refractivity contribution in [3.63, 3.8) is 0 Å². The number of benzene rings is 3. The molecule has 0 amide bonds. The number of alkyl halides is 3. The Morgan fingerprint density at radius 1 is 0.967 bits per heavy atom. The summed E-state index contributed by atoms with van der Waals surface area (Å²) in [6.45, 7) is 0. The van der Waals surface area contributed by atoms with Gasteiger partial charge in [0.05, 0.1) is 5.56 Å². The van der Waals surface area contributed by atoms with Gasteiger partial charge in [0.15, 0.2) is 5.76 Å². The Kier molecular flexibility index (Phi) is 5.62. The van der Waals surface area contributed by atoms with Gasteiger partial charge in [-0.2, -0.15) is 13.2 Å². The van der Waals surface area contributed by atoms with Gasteiger partial charge in [-0.15, -0.1) is 11.8 Å². The van der Waals surface area contributed by atoms with Gasteiger partial charge in [-0.25, -0.2) is 0 Å². The fraction of sp³-hybridized carbons (Fsp3) is 0.0870. The molecule has 30 heavy (non-hydrogen) atoms. The maximum Gasteiger partial charge on any atom is 0.416 e. The molecule has 0 N–H and O–H groups in total. The Labute approximate surface area is 179 Å². The van der Waals surface area contributed by atoms with Crippen LogP contribution in [-0.2, 0) is 11.9 Å². The van der Waals surface area contributed by atoms with Crippen LogP contribution in [0, 0.1) is 0 Å². The number of furan rings is 1. The molecule has 0 bridgehead atoms. The molecule has 152 valence electrons. The third kappa shape index (κ3) is 4.25. The van der Waals surface area contributed by atoms with E-state index in [1.54, 1.807) is 42.5 Å². The third-order valence-electron chi connectivity index (χ3n) is 4.56. The summed E-state index contributed by atoms with van der Waals surface area (Å²) < 4.78 is 44.8. The molecule has 4 rings (SSSR count). The Hall–Kier alpha value is -2.70. The molecule has 4 aromatic rings. The van der Waals surface area contributed by atoms with Crippen molar-refractivity contribution in [2.45, 2.75) is 16.8 Å². The van der Waals surface area contributed by atoms with E-state index in [0.29, 0.717) is 26.6 Å². The van der Waals surface area contributed by atoms with Crippen LogP contribution >= 0.6 is 23.4 Å². The summed E-state index contributed by atoms with van der Waals surface area (Å²) in [7, 11) is 0. The molecule has 2 nitrogen and oxygen atoms in total. The van der Waals surface area contributed by atoms with Gasteiger partial charge in [0.1, 0.15) is 5.58 Å². The molecule has 0 aliphatic heterocycles. The summed E-state index contributed by atoms with van der Waals surface area (Å²) in [6.07, 6.45) is -4.41. The molecular weight excluding hydrogens is 433 g/mol. The summed E-state index contributed by atoms with van der Waals surface area (Å²) in [4.78, 5) is 13.5. The van der Waals surface area contributed by atoms with E-state index in [1.165, 1.54) is 17.8 Å². The molecule has 1 heterocycles. The molecule has 0 aliphatic carbocycles. The zero-order valence-electron chi connectivity index (χ0n) is 15.4. The first-order valence-corrected chi connectivity index (χ1v) is 10.3. The van der Waals surface area contributed by atoms with Gasteiger partial charge >= 0.3 is 6.18 Å². The van der Waals surface area contributed by atoms with E-state index < -0.39 is 11.7 Å². The number of carbonyl (C=O) groups is 1. The Morgan fingerprint density at radius 3 is 2.43 bits per heavy atom. The molecule has 0 saturated carbocycles. The minimum atomic E-state index is -4.41. The van der Waals surface area contributed by atoms with E-state index in [9.17, 15) is 18.0 Å². The fourth-order valence-corrected chi connectivity index (χ4v) is 4.18. The molecule has 0 spiro atoms. The first-order chi connectivity index (χ1) is 14.3. The normalized spacial score (nSPS) is 11.7. The summed E-state index contributed by atoms with van der Waals surface area (Å²) in [6, 6.07) is 18.8. The predicted molar refractivity (Wildman–Crippen MR) is 112 cm³/mol. The number of thioether (sulfide) groups is 1. The van der Waals surface area contributed by atoms with Gasteiger partial charge in [-0.3, -0.25) is 4.79 Å². The van der Waals surface area contributed by atoms with Gasteiger partial charge in [0.25, 0.3) is 0 Å². The summed E-state index contributed by atoms with van der Waals surface area (Å²) >= 11 is 7.12. The Balaban J connectivity index is 1.69. The number of hydrogen-bond acceptors (Lipinski definition) is 3. The molecule has 1 aromatic heterocycles. The molecule has 3 aromatic carbocycles. The molecule has 0 fully saturated rings. The van der Waals surface area contributed by atoms with Crippen molar-refractivity contribution in [1.82, 2.24) is 0 Å². The minimum absolute atomic E-state index is 0.179. The van der Waals surface area contributed by atoms with Crippen LogP contribution in [0.3, 0.4) is 0 Å². The number of para-hydroxylation sites is 1. The SMILES string of the molecule is O=C(c1ccc(Cl)cc1)c1oc2ccccc2c1CSc1cccc(C(F)(F)F)c1. The van der Waals surface area contributed by atoms with E-state index in [0.717, 1.165) is 17.5 Å². The number of carbonyl (C=O) groups excluding carboxylic acids is 1. The van der Waals surface area contributed by atoms with Gasteiger partial charge in [-0.05, 0) is 48.5 Å². The molecule has 0 radical (unpaired) electrons. The zero-order valence-corrected chi connectivity index (χ0v) is 16.9. The van der Waals surface area contributed by atoms with Gasteiger partial charge in [-0.1, -0.05) is 35.9 Å². The monoisotopic (exact) mass is 446 g/mol. The lowest BCUT2D eigenvalue weighted by molar-refractivity contribution is -0.137. The second-order valence-electron chi connectivity index (χ2n) is 6.56. The van der Waals surface area contributed by atoms with E-state index in [1.807, 2.05) is 12.1 Å². The van der Waals surface area contributed by atoms with Crippen LogP contribution in [0.1, 0.15) is 27.2 Å². The summed E-state index contributed by atoms with van der Waals surface area (Å²) in [5.74, 6) is 0.160. The Bertz CT molecular complexity index is 1210. The first kappa shape index (κ1) is 20.6. The number of rotatable bonds is 5. The van der Waals surface area contributed by atoms with E-state index in [2.05, 4.69) is 0 Å². The van der Waals surface area contributed by atoms with Gasteiger partial charge < -0.3 is 4.42 Å². The maximum atomic E-state index is 13.1. The highest BCUT2D eigenvalue weighted by molar-refractivity contribution is 7.98. The van der Waals surface area contributed by atoms with Crippen LogP contribution in [0.5, 0.6) is 0 Å². The highest BCUT2D eigenvalue weighted by Gasteiger charge is 2.30. The van der Waals surface area contributed by atoms with Crippen LogP contribution in [0.15, 0.2) is 82.1 Å². The van der Waals surface area contributed by atoms with Crippen LogP contribution in [0.4, 0.5) is 13.2 Å². The first-order valence-electron chi connectivity index (χ1n) is 8.93. The highest BCUT2D eigenvalue weighted by Crippen LogP contribution is 2.36. The maximum absolute atomic E-state index is 13.1. The average molecular weight is 447 g/mol. The lowest BCUT2D eigenvalue weighted by atomic mass is 10.0. The van der Waals surface area contributed by atoms with Crippen LogP contribution in [-0.4, -0.2) is 5.78 Å². The molecule has 0 aliphatic rings. The second kappa shape index (κ2) is 8.20. The number of ketones is 1. The fourth-order valence-electron chi connectivity index (χ4n) is 3.08. The zero-order chi connectivity index (χ0) is 21.3. The van der Waals surface area contributed by atoms with Crippen LogP contribution in [0.2, 0.25) is 5.02 Å². The van der Waals surface area contributed by atoms with Gasteiger partial charge in [0.2, 0.25) is 5.78 Å². The van der Waals surface area contributed by atoms with Gasteiger partial charge in [0, 0.05) is 32.2 Å². The topological polar surface area (TPSA) is 30.2 Å². The molecule has 0 unspecified atom stereocenters. The number of hydrogen-bond donors (Lipinski definition) is 0. The number of halogens is 4. The molecule has 7 heteroatoms. The van der Waals surface area contributed by atoms with Crippen molar-refractivity contribution < 1.29 is 22.4 Å². The van der Waals surface area contributed by atoms with Crippen molar-refractivity contribution in [1.29, 1.82) is 0 Å². The molecule has 0 saturated heterocycles.